The van der Waals surface area contributed by atoms with Crippen LogP contribution in [-0.2, 0) is 24.6 Å². The fraction of sp³-hybridized carbons (Fsp3) is 0.188. The van der Waals surface area contributed by atoms with Gasteiger partial charge in [0, 0.05) is 23.0 Å². The summed E-state index contributed by atoms with van der Waals surface area (Å²) in [6.45, 7) is 0. The molecule has 1 N–H and O–H groups in total. The summed E-state index contributed by atoms with van der Waals surface area (Å²) >= 11 is 0. The van der Waals surface area contributed by atoms with Crippen LogP contribution >= 0.6 is 0 Å². The number of nitrogens with zero attached hydrogens (tertiary/aromatic N) is 2. The summed E-state index contributed by atoms with van der Waals surface area (Å²) in [4.78, 5) is 65.5. The second kappa shape index (κ2) is 13.1. The van der Waals surface area contributed by atoms with E-state index in [4.69, 9.17) is 9.15 Å². The van der Waals surface area contributed by atoms with Crippen molar-refractivity contribution >= 4 is 45.7 Å². The van der Waals surface area contributed by atoms with Crippen LogP contribution in [0.4, 0.5) is 5.69 Å². The van der Waals surface area contributed by atoms with Gasteiger partial charge in [-0.05, 0) is 90.1 Å². The minimum atomic E-state index is -1.39. The molecule has 10 rings (SSSR count). The molecule has 5 aromatic carbocycles. The number of ether oxygens (including phenoxy) is 1. The zero-order chi connectivity index (χ0) is 39.0. The van der Waals surface area contributed by atoms with Gasteiger partial charge in [-0.1, -0.05) is 90.5 Å². The number of phenolic OH excluding ortho intramolecular Hbond substituents is 1. The number of ketones is 2. The van der Waals surface area contributed by atoms with Gasteiger partial charge in [-0.2, -0.15) is 0 Å². The van der Waals surface area contributed by atoms with Crippen molar-refractivity contribution in [1.82, 2.24) is 4.98 Å². The average Bonchev–Trinajstić information content (AvgIpc) is 3.80. The lowest BCUT2D eigenvalue weighted by Gasteiger charge is -2.55. The van der Waals surface area contributed by atoms with E-state index in [2.05, 4.69) is 4.98 Å². The lowest BCUT2D eigenvalue weighted by molar-refractivity contribution is -0.135. The number of allylic oxidation sites excluding steroid dienone is 4. The summed E-state index contributed by atoms with van der Waals surface area (Å²) in [6.07, 6.45) is 3.99. The van der Waals surface area contributed by atoms with Gasteiger partial charge in [-0.25, -0.2) is 4.98 Å². The van der Waals surface area contributed by atoms with Gasteiger partial charge in [0.25, 0.3) is 0 Å². The number of benzene rings is 5. The Labute approximate surface area is 327 Å². The molecule has 1 aromatic heterocycles. The number of aromatic nitrogens is 1. The Morgan fingerprint density at radius 3 is 2.25 bits per heavy atom. The molecular formula is C48H36N2O7. The Morgan fingerprint density at radius 2 is 1.51 bits per heavy atom. The van der Waals surface area contributed by atoms with E-state index < -0.39 is 35.0 Å². The molecule has 2 amide bonds. The monoisotopic (exact) mass is 752 g/mol. The maximum Gasteiger partial charge on any atom is 0.238 e. The normalized spacial score (nSPS) is 25.4. The number of amides is 2. The van der Waals surface area contributed by atoms with Crippen LogP contribution in [0.3, 0.4) is 0 Å². The van der Waals surface area contributed by atoms with Crippen LogP contribution in [0.25, 0.3) is 28.1 Å². The first kappa shape index (κ1) is 34.6. The van der Waals surface area contributed by atoms with E-state index in [9.17, 15) is 14.7 Å². The summed E-state index contributed by atoms with van der Waals surface area (Å²) in [6, 6.07) is 38.1. The molecule has 1 saturated heterocycles. The standard InChI is InChI=1S/C48H36N2O7/c1-56-40-24-29(18-23-38(40)51)43-32-21-22-33-42(47(55)50(46(33)54)31-19-16-28(17-20-31)45-49-37-14-8-9-15-39(37)57-45)35(32)25-36-44(53)34(27-10-4-2-5-11-27)26-41(52)48(36,43)30-12-6-3-7-13-30/h2-21,23-24,26,33,35-36,42-43,51H,22,25H2,1H3. The SMILES string of the molecule is COc1cc(C2C3=CCC4C(=O)N(c5ccc(-c6nc7ccccc7o6)cc5)C(=O)C4C3CC3C(=O)C(c4ccccc4)=CC(=O)C32c2ccccc2)ccc1O. The summed E-state index contributed by atoms with van der Waals surface area (Å²) in [5, 5.41) is 10.7. The van der Waals surface area contributed by atoms with Gasteiger partial charge in [0.2, 0.25) is 17.7 Å². The number of hydrogen-bond donors (Lipinski definition) is 1. The van der Waals surface area contributed by atoms with Crippen LogP contribution in [0, 0.1) is 23.7 Å². The number of para-hydroxylation sites is 2. The molecule has 0 spiro atoms. The van der Waals surface area contributed by atoms with E-state index in [1.807, 2.05) is 91.0 Å². The van der Waals surface area contributed by atoms with E-state index in [1.165, 1.54) is 24.2 Å². The summed E-state index contributed by atoms with van der Waals surface area (Å²) in [5.41, 5.74) is 4.28. The molecule has 1 aliphatic heterocycles. The molecule has 0 bridgehead atoms. The Balaban J connectivity index is 1.10. The minimum absolute atomic E-state index is 0.0664. The van der Waals surface area contributed by atoms with Gasteiger partial charge in [-0.3, -0.25) is 24.1 Å². The molecule has 9 nitrogen and oxygen atoms in total. The second-order valence-electron chi connectivity index (χ2n) is 15.3. The number of carbonyl (C=O) groups is 4. The molecule has 6 unspecified atom stereocenters. The minimum Gasteiger partial charge on any atom is -0.504 e. The van der Waals surface area contributed by atoms with Crippen LogP contribution in [0.5, 0.6) is 11.5 Å². The van der Waals surface area contributed by atoms with E-state index >= 15 is 9.59 Å². The van der Waals surface area contributed by atoms with Gasteiger partial charge < -0.3 is 14.3 Å². The zero-order valence-corrected chi connectivity index (χ0v) is 30.9. The van der Waals surface area contributed by atoms with Gasteiger partial charge in [0.15, 0.2) is 28.6 Å². The fourth-order valence-electron chi connectivity index (χ4n) is 10.1. The van der Waals surface area contributed by atoms with Crippen molar-refractivity contribution in [3.63, 3.8) is 0 Å². The number of carbonyl (C=O) groups excluding carboxylic acids is 4. The molecule has 280 valence electrons. The lowest BCUT2D eigenvalue weighted by Crippen LogP contribution is -2.58. The molecule has 2 fully saturated rings. The Bertz CT molecular complexity index is 2670. The third-order valence-electron chi connectivity index (χ3n) is 12.6. The van der Waals surface area contributed by atoms with Crippen LogP contribution < -0.4 is 9.64 Å². The predicted molar refractivity (Wildman–Crippen MR) is 213 cm³/mol. The highest BCUT2D eigenvalue weighted by Gasteiger charge is 2.66. The number of phenols is 1. The number of oxazole rings is 1. The molecule has 9 heteroatoms. The number of anilines is 1. The molecule has 57 heavy (non-hydrogen) atoms. The molecule has 4 aliphatic rings. The van der Waals surface area contributed by atoms with Crippen molar-refractivity contribution in [2.45, 2.75) is 24.2 Å². The van der Waals surface area contributed by atoms with E-state index in [1.54, 1.807) is 36.4 Å². The summed E-state index contributed by atoms with van der Waals surface area (Å²) < 4.78 is 11.5. The maximum absolute atomic E-state index is 15.2. The van der Waals surface area contributed by atoms with Crippen molar-refractivity contribution in [2.24, 2.45) is 23.7 Å². The third-order valence-corrected chi connectivity index (χ3v) is 12.6. The average molecular weight is 753 g/mol. The van der Waals surface area contributed by atoms with Crippen molar-refractivity contribution in [2.75, 3.05) is 12.0 Å². The Kier molecular flexibility index (Phi) is 7.97. The molecule has 3 aliphatic carbocycles. The molecule has 6 atom stereocenters. The number of imide groups is 1. The number of hydrogen-bond acceptors (Lipinski definition) is 8. The van der Waals surface area contributed by atoms with Gasteiger partial charge in [0.1, 0.15) is 5.52 Å². The summed E-state index contributed by atoms with van der Waals surface area (Å²) in [5.74, 6) is -4.02. The van der Waals surface area contributed by atoms with E-state index in [0.29, 0.717) is 45.0 Å². The number of rotatable bonds is 6. The molecule has 6 aromatic rings. The number of fused-ring (bicyclic) bond motifs is 5. The van der Waals surface area contributed by atoms with Crippen LogP contribution in [0.15, 0.2) is 150 Å². The zero-order valence-electron chi connectivity index (χ0n) is 30.9. The van der Waals surface area contributed by atoms with E-state index in [0.717, 1.165) is 11.1 Å². The first-order valence-electron chi connectivity index (χ1n) is 19.1. The van der Waals surface area contributed by atoms with Crippen LogP contribution in [-0.4, -0.2) is 40.6 Å². The summed E-state index contributed by atoms with van der Waals surface area (Å²) in [7, 11) is 1.46. The Morgan fingerprint density at radius 1 is 0.789 bits per heavy atom. The second-order valence-corrected chi connectivity index (χ2v) is 15.3. The first-order valence-corrected chi connectivity index (χ1v) is 19.1. The fourth-order valence-corrected chi connectivity index (χ4v) is 10.1. The highest BCUT2D eigenvalue weighted by atomic mass is 16.5. The first-order chi connectivity index (χ1) is 27.8. The van der Waals surface area contributed by atoms with Crippen LogP contribution in [0.1, 0.15) is 35.4 Å². The maximum atomic E-state index is 15.2. The highest BCUT2D eigenvalue weighted by Crippen LogP contribution is 2.64. The number of Topliss-reactive ketones (excluding diaryl/α,β-unsaturated/α-hetero) is 1. The predicted octanol–water partition coefficient (Wildman–Crippen LogP) is 8.24. The highest BCUT2D eigenvalue weighted by molar-refractivity contribution is 6.32. The van der Waals surface area contributed by atoms with Crippen molar-refractivity contribution in [3.05, 3.63) is 162 Å². The quantitative estimate of drug-likeness (QED) is 0.133. The molecule has 2 heterocycles. The molecular weight excluding hydrogens is 717 g/mol. The van der Waals surface area contributed by atoms with Crippen molar-refractivity contribution < 1.29 is 33.4 Å². The topological polar surface area (TPSA) is 127 Å². The van der Waals surface area contributed by atoms with Gasteiger partial charge in [-0.15, -0.1) is 0 Å². The van der Waals surface area contributed by atoms with Crippen LogP contribution in [0.2, 0.25) is 0 Å². The number of methoxy groups -OCH3 is 1. The lowest BCUT2D eigenvalue weighted by atomic mass is 9.44. The largest absolute Gasteiger partial charge is 0.504 e. The Hall–Kier alpha value is -6.87. The molecule has 0 radical (unpaired) electrons. The van der Waals surface area contributed by atoms with Crippen molar-refractivity contribution in [1.29, 1.82) is 0 Å². The van der Waals surface area contributed by atoms with Gasteiger partial charge >= 0.3 is 0 Å². The number of aromatic hydroxyl groups is 1. The van der Waals surface area contributed by atoms with Gasteiger partial charge in [0.05, 0.1) is 30.0 Å². The smallest absolute Gasteiger partial charge is 0.238 e. The van der Waals surface area contributed by atoms with E-state index in [-0.39, 0.29) is 47.7 Å². The molecule has 1 saturated carbocycles. The third kappa shape index (κ3) is 5.11. The van der Waals surface area contributed by atoms with Crippen molar-refractivity contribution in [3.8, 4) is 23.0 Å².